The molecule has 1 aliphatic rings. The number of aromatic nitrogens is 7. The molecule has 0 atom stereocenters. The molecule has 0 unspecified atom stereocenters. The number of anilines is 2. The van der Waals surface area contributed by atoms with Crippen LogP contribution >= 0.6 is 0 Å². The van der Waals surface area contributed by atoms with Gasteiger partial charge in [0.15, 0.2) is 5.65 Å². The Morgan fingerprint density at radius 1 is 0.971 bits per heavy atom. The molecule has 0 spiro atoms. The molecule has 2 N–H and O–H groups in total. The SMILES string of the molecule is Cc1cnc2ccc(-c3c[nH]c4nc(NCc5ccc(N6CCN(C)CC6)nc5)ncc34)nn12. The van der Waals surface area contributed by atoms with Crippen molar-refractivity contribution in [1.82, 2.24) is 39.4 Å². The Balaban J connectivity index is 1.16. The summed E-state index contributed by atoms with van der Waals surface area (Å²) in [5.74, 6) is 1.60. The predicted molar refractivity (Wildman–Crippen MR) is 132 cm³/mol. The van der Waals surface area contributed by atoms with E-state index in [1.54, 1.807) is 0 Å². The first-order chi connectivity index (χ1) is 16.6. The molecule has 34 heavy (non-hydrogen) atoms. The number of H-pyrrole nitrogens is 1. The molecule has 5 aromatic rings. The number of fused-ring (bicyclic) bond motifs is 2. The first-order valence-electron chi connectivity index (χ1n) is 11.4. The van der Waals surface area contributed by atoms with Gasteiger partial charge < -0.3 is 20.1 Å². The smallest absolute Gasteiger partial charge is 0.224 e. The van der Waals surface area contributed by atoms with E-state index in [4.69, 9.17) is 5.10 Å². The zero-order chi connectivity index (χ0) is 23.1. The second kappa shape index (κ2) is 8.38. The quantitative estimate of drug-likeness (QED) is 0.418. The number of hydrogen-bond donors (Lipinski definition) is 2. The van der Waals surface area contributed by atoms with Crippen LogP contribution in [-0.4, -0.2) is 72.7 Å². The van der Waals surface area contributed by atoms with Gasteiger partial charge in [-0.05, 0) is 37.7 Å². The number of rotatable bonds is 5. The van der Waals surface area contributed by atoms with Crippen LogP contribution in [0.5, 0.6) is 0 Å². The molecule has 6 rings (SSSR count). The number of aryl methyl sites for hydroxylation is 1. The van der Waals surface area contributed by atoms with Crippen molar-refractivity contribution in [1.29, 1.82) is 0 Å². The topological polar surface area (TPSA) is 103 Å². The lowest BCUT2D eigenvalue weighted by atomic mass is 10.2. The van der Waals surface area contributed by atoms with Gasteiger partial charge in [0, 0.05) is 62.3 Å². The van der Waals surface area contributed by atoms with Gasteiger partial charge in [0.05, 0.1) is 17.6 Å². The fourth-order valence-electron chi connectivity index (χ4n) is 4.26. The van der Waals surface area contributed by atoms with E-state index in [-0.39, 0.29) is 0 Å². The summed E-state index contributed by atoms with van der Waals surface area (Å²) in [5, 5.41) is 8.95. The van der Waals surface area contributed by atoms with Crippen LogP contribution in [0.2, 0.25) is 0 Å². The second-order valence-electron chi connectivity index (χ2n) is 8.71. The zero-order valence-corrected chi connectivity index (χ0v) is 19.2. The minimum Gasteiger partial charge on any atom is -0.354 e. The zero-order valence-electron chi connectivity index (χ0n) is 19.2. The Hall–Kier alpha value is -4.05. The van der Waals surface area contributed by atoms with Gasteiger partial charge in [-0.2, -0.15) is 10.1 Å². The fraction of sp³-hybridized carbons (Fsp3) is 0.292. The highest BCUT2D eigenvalue weighted by Gasteiger charge is 2.15. The van der Waals surface area contributed by atoms with Crippen LogP contribution in [0.1, 0.15) is 11.3 Å². The van der Waals surface area contributed by atoms with E-state index < -0.39 is 0 Å². The van der Waals surface area contributed by atoms with E-state index in [0.717, 1.165) is 71.2 Å². The first-order valence-corrected chi connectivity index (χ1v) is 11.4. The van der Waals surface area contributed by atoms with Gasteiger partial charge in [0.2, 0.25) is 5.95 Å². The Morgan fingerprint density at radius 3 is 2.68 bits per heavy atom. The molecule has 10 nitrogen and oxygen atoms in total. The van der Waals surface area contributed by atoms with Gasteiger partial charge in [-0.3, -0.25) is 0 Å². The lowest BCUT2D eigenvalue weighted by Crippen LogP contribution is -2.44. The number of hydrogen-bond acceptors (Lipinski definition) is 8. The molecule has 172 valence electrons. The van der Waals surface area contributed by atoms with Crippen molar-refractivity contribution in [3.8, 4) is 11.3 Å². The summed E-state index contributed by atoms with van der Waals surface area (Å²) in [6.45, 7) is 6.75. The number of nitrogens with zero attached hydrogens (tertiary/aromatic N) is 8. The summed E-state index contributed by atoms with van der Waals surface area (Å²) >= 11 is 0. The minimum atomic E-state index is 0.568. The largest absolute Gasteiger partial charge is 0.354 e. The Labute approximate surface area is 196 Å². The van der Waals surface area contributed by atoms with Gasteiger partial charge >= 0.3 is 0 Å². The summed E-state index contributed by atoms with van der Waals surface area (Å²) < 4.78 is 1.84. The van der Waals surface area contributed by atoms with Crippen LogP contribution in [0, 0.1) is 6.92 Å². The third-order valence-electron chi connectivity index (χ3n) is 6.33. The molecule has 1 fully saturated rings. The number of likely N-dealkylation sites (N-methyl/N-ethyl adjacent to an activating group) is 1. The van der Waals surface area contributed by atoms with E-state index in [2.05, 4.69) is 59.2 Å². The average Bonchev–Trinajstić information content (AvgIpc) is 3.46. The van der Waals surface area contributed by atoms with Gasteiger partial charge in [-0.15, -0.1) is 0 Å². The molecule has 0 aromatic carbocycles. The maximum absolute atomic E-state index is 4.72. The predicted octanol–water partition coefficient (Wildman–Crippen LogP) is 2.73. The summed E-state index contributed by atoms with van der Waals surface area (Å²) in [7, 11) is 2.16. The van der Waals surface area contributed by atoms with Crippen molar-refractivity contribution in [2.75, 3.05) is 43.4 Å². The molecular formula is C24H26N10. The molecule has 6 heterocycles. The van der Waals surface area contributed by atoms with E-state index in [1.165, 1.54) is 0 Å². The van der Waals surface area contributed by atoms with Gasteiger partial charge in [-0.1, -0.05) is 6.07 Å². The minimum absolute atomic E-state index is 0.568. The van der Waals surface area contributed by atoms with Gasteiger partial charge in [0.1, 0.15) is 11.5 Å². The molecule has 0 aliphatic carbocycles. The number of piperazine rings is 1. The highest BCUT2D eigenvalue weighted by Crippen LogP contribution is 2.26. The van der Waals surface area contributed by atoms with Crippen LogP contribution in [0.3, 0.4) is 0 Å². The van der Waals surface area contributed by atoms with Crippen LogP contribution in [-0.2, 0) is 6.54 Å². The highest BCUT2D eigenvalue weighted by atomic mass is 15.3. The maximum Gasteiger partial charge on any atom is 0.224 e. The van der Waals surface area contributed by atoms with E-state index >= 15 is 0 Å². The number of imidazole rings is 1. The van der Waals surface area contributed by atoms with Crippen LogP contribution < -0.4 is 10.2 Å². The normalized spacial score (nSPS) is 14.8. The fourth-order valence-corrected chi connectivity index (χ4v) is 4.26. The molecule has 0 saturated carbocycles. The highest BCUT2D eigenvalue weighted by molar-refractivity contribution is 5.92. The van der Waals surface area contributed by atoms with Crippen LogP contribution in [0.4, 0.5) is 11.8 Å². The van der Waals surface area contributed by atoms with Crippen molar-refractivity contribution in [2.24, 2.45) is 0 Å². The molecular weight excluding hydrogens is 428 g/mol. The van der Waals surface area contributed by atoms with E-state index in [0.29, 0.717) is 12.5 Å². The lowest BCUT2D eigenvalue weighted by Gasteiger charge is -2.33. The van der Waals surface area contributed by atoms with Crippen LogP contribution in [0.15, 0.2) is 49.1 Å². The third kappa shape index (κ3) is 3.81. The number of pyridine rings is 1. The van der Waals surface area contributed by atoms with Crippen molar-refractivity contribution in [2.45, 2.75) is 13.5 Å². The monoisotopic (exact) mass is 454 g/mol. The molecule has 5 aromatic heterocycles. The van der Waals surface area contributed by atoms with Crippen molar-refractivity contribution in [3.05, 3.63) is 60.3 Å². The van der Waals surface area contributed by atoms with Crippen molar-refractivity contribution in [3.63, 3.8) is 0 Å². The summed E-state index contributed by atoms with van der Waals surface area (Å²) in [5.41, 5.74) is 5.47. The molecule has 0 bridgehead atoms. The lowest BCUT2D eigenvalue weighted by molar-refractivity contribution is 0.312. The number of nitrogens with one attached hydrogen (secondary N) is 2. The van der Waals surface area contributed by atoms with Crippen LogP contribution in [0.25, 0.3) is 27.9 Å². The van der Waals surface area contributed by atoms with Gasteiger partial charge in [0.25, 0.3) is 0 Å². The van der Waals surface area contributed by atoms with Gasteiger partial charge in [-0.25, -0.2) is 19.5 Å². The molecule has 1 saturated heterocycles. The average molecular weight is 455 g/mol. The third-order valence-corrected chi connectivity index (χ3v) is 6.33. The molecule has 10 heteroatoms. The molecule has 0 amide bonds. The Kier molecular flexibility index (Phi) is 5.06. The summed E-state index contributed by atoms with van der Waals surface area (Å²) in [6.07, 6.45) is 7.49. The van der Waals surface area contributed by atoms with Crippen molar-refractivity contribution >= 4 is 28.4 Å². The first kappa shape index (κ1) is 20.5. The standard InChI is InChI=1S/C24H26N10/c1-16-11-25-22-6-4-20(31-34(16)22)18-14-27-23-19(18)15-29-24(30-23)28-13-17-3-5-21(26-12-17)33-9-7-32(2)8-10-33/h3-6,11-12,14-15H,7-10,13H2,1-2H3,(H2,27,28,29,30). The van der Waals surface area contributed by atoms with Crippen molar-refractivity contribution < 1.29 is 0 Å². The summed E-state index contributed by atoms with van der Waals surface area (Å²) in [4.78, 5) is 26.1. The molecule has 1 aliphatic heterocycles. The maximum atomic E-state index is 4.72. The van der Waals surface area contributed by atoms with E-state index in [1.807, 2.05) is 48.4 Å². The number of aromatic amines is 1. The van der Waals surface area contributed by atoms with E-state index in [9.17, 15) is 0 Å². The Morgan fingerprint density at radius 2 is 1.85 bits per heavy atom. The molecule has 0 radical (unpaired) electrons. The second-order valence-corrected chi connectivity index (χ2v) is 8.71. The summed E-state index contributed by atoms with van der Waals surface area (Å²) in [6, 6.07) is 8.14. The Bertz CT molecular complexity index is 1440.